The first-order valence-corrected chi connectivity index (χ1v) is 3.31. The van der Waals surface area contributed by atoms with Crippen LogP contribution >= 0.6 is 0 Å². The Morgan fingerprint density at radius 1 is 1.30 bits per heavy atom. The second kappa shape index (κ2) is 2.01. The SMILES string of the molecule is Bc1bc2ccccc2o1. The number of hydrogen-bond acceptors (Lipinski definition) is 1. The Morgan fingerprint density at radius 2 is 2.10 bits per heavy atom. The van der Waals surface area contributed by atoms with Crippen LogP contribution in [0.15, 0.2) is 28.7 Å². The van der Waals surface area contributed by atoms with E-state index in [1.54, 1.807) is 0 Å². The first-order chi connectivity index (χ1) is 4.86. The van der Waals surface area contributed by atoms with Crippen molar-refractivity contribution in [1.29, 1.82) is 0 Å². The average molecular weight is 128 g/mol. The Hall–Kier alpha value is -0.980. The van der Waals surface area contributed by atoms with Gasteiger partial charge in [0.15, 0.2) is 0 Å². The summed E-state index contributed by atoms with van der Waals surface area (Å²) in [5.41, 5.74) is 1.95. The van der Waals surface area contributed by atoms with Crippen molar-refractivity contribution < 1.29 is 4.42 Å². The molecule has 0 aliphatic rings. The maximum atomic E-state index is 5.37. The molecular weight excluding hydrogens is 122 g/mol. The molecule has 1 aromatic heterocycles. The van der Waals surface area contributed by atoms with Gasteiger partial charge in [0.2, 0.25) is 0 Å². The number of benzene rings is 1. The zero-order valence-corrected chi connectivity index (χ0v) is 5.79. The Balaban J connectivity index is 2.88. The molecule has 3 heteroatoms. The molecule has 0 aliphatic heterocycles. The monoisotopic (exact) mass is 128 g/mol. The van der Waals surface area contributed by atoms with Gasteiger partial charge in [-0.05, 0) is 0 Å². The summed E-state index contributed by atoms with van der Waals surface area (Å²) in [4.78, 5) is 0. The summed E-state index contributed by atoms with van der Waals surface area (Å²) in [6.45, 7) is 2.04. The van der Waals surface area contributed by atoms with E-state index in [0.717, 1.165) is 11.1 Å². The molecule has 0 fully saturated rings. The van der Waals surface area contributed by atoms with Gasteiger partial charge in [0.25, 0.3) is 0 Å². The van der Waals surface area contributed by atoms with E-state index in [4.69, 9.17) is 4.42 Å². The third kappa shape index (κ3) is 0.783. The second-order valence-corrected chi connectivity index (χ2v) is 2.39. The Labute approximate surface area is 60.7 Å². The molecule has 0 aliphatic carbocycles. The van der Waals surface area contributed by atoms with Crippen molar-refractivity contribution in [1.82, 2.24) is 0 Å². The Bertz CT molecular complexity index is 320. The standard InChI is InChI=1S/C7H6B2O/c8-7-9-5-3-1-2-4-6(5)10-7/h1-4H,8H2. The van der Waals surface area contributed by atoms with Crippen molar-refractivity contribution in [2.75, 3.05) is 0 Å². The topological polar surface area (TPSA) is 13.1 Å². The molecule has 1 heterocycles. The van der Waals surface area contributed by atoms with Crippen LogP contribution in [-0.4, -0.2) is 14.8 Å². The van der Waals surface area contributed by atoms with Crippen LogP contribution in [0.25, 0.3) is 10.9 Å². The van der Waals surface area contributed by atoms with Crippen molar-refractivity contribution in [2.24, 2.45) is 0 Å². The van der Waals surface area contributed by atoms with E-state index in [2.05, 4.69) is 0 Å². The number of fused-ring (bicyclic) bond motifs is 1. The van der Waals surface area contributed by atoms with Crippen LogP contribution in [0.5, 0.6) is 0 Å². The number of rotatable bonds is 0. The molecule has 1 nitrogen and oxygen atoms in total. The van der Waals surface area contributed by atoms with Gasteiger partial charge in [-0.15, -0.1) is 0 Å². The minimum atomic E-state index is 0.972. The van der Waals surface area contributed by atoms with Crippen LogP contribution in [0.1, 0.15) is 0 Å². The molecule has 0 radical (unpaired) electrons. The Kier molecular flexibility index (Phi) is 1.16. The Morgan fingerprint density at radius 3 is 2.90 bits per heavy atom. The molecule has 2 aromatic rings. The van der Waals surface area contributed by atoms with Gasteiger partial charge in [-0.3, -0.25) is 0 Å². The van der Waals surface area contributed by atoms with Gasteiger partial charge in [0.05, 0.1) is 0 Å². The molecule has 1 aromatic carbocycles. The van der Waals surface area contributed by atoms with E-state index < -0.39 is 0 Å². The third-order valence-electron chi connectivity index (χ3n) is 1.55. The van der Waals surface area contributed by atoms with Gasteiger partial charge < -0.3 is 0 Å². The third-order valence-corrected chi connectivity index (χ3v) is 1.55. The number of para-hydroxylation sites is 1. The average Bonchev–Trinajstić information content (AvgIpc) is 2.27. The molecule has 0 bridgehead atoms. The summed E-state index contributed by atoms with van der Waals surface area (Å²) < 4.78 is 5.37. The molecular formula is C7H6B2O. The van der Waals surface area contributed by atoms with Crippen LogP contribution < -0.4 is 5.55 Å². The summed E-state index contributed by atoms with van der Waals surface area (Å²) >= 11 is 0. The summed E-state index contributed by atoms with van der Waals surface area (Å²) in [7, 11) is 1.96. The first-order valence-electron chi connectivity index (χ1n) is 3.31. The van der Waals surface area contributed by atoms with Crippen LogP contribution in [0, 0.1) is 0 Å². The second-order valence-electron chi connectivity index (χ2n) is 2.39. The fourth-order valence-electron chi connectivity index (χ4n) is 1.11. The van der Waals surface area contributed by atoms with Gasteiger partial charge in [-0.25, -0.2) is 0 Å². The predicted octanol–water partition coefficient (Wildman–Crippen LogP) is 0.0293. The summed E-state index contributed by atoms with van der Waals surface area (Å²) in [6, 6.07) is 8.01. The van der Waals surface area contributed by atoms with E-state index >= 15 is 0 Å². The van der Waals surface area contributed by atoms with E-state index in [9.17, 15) is 0 Å². The first kappa shape index (κ1) is 5.78. The van der Waals surface area contributed by atoms with Crippen molar-refractivity contribution >= 4 is 31.2 Å². The minimum absolute atomic E-state index is 0.972. The van der Waals surface area contributed by atoms with E-state index in [1.807, 2.05) is 39.0 Å². The number of hydrogen-bond donors (Lipinski definition) is 0. The molecule has 0 saturated carbocycles. The van der Waals surface area contributed by atoms with Crippen molar-refractivity contribution in [3.05, 3.63) is 24.3 Å². The van der Waals surface area contributed by atoms with Gasteiger partial charge in [0, 0.05) is 0 Å². The van der Waals surface area contributed by atoms with E-state index in [-0.39, 0.29) is 0 Å². The molecule has 0 unspecified atom stereocenters. The molecule has 0 saturated heterocycles. The molecule has 10 heavy (non-hydrogen) atoms. The molecule has 0 N–H and O–H groups in total. The zero-order chi connectivity index (χ0) is 6.97. The molecule has 46 valence electrons. The fourth-order valence-corrected chi connectivity index (χ4v) is 1.11. The van der Waals surface area contributed by atoms with Gasteiger partial charge in [-0.2, -0.15) is 0 Å². The van der Waals surface area contributed by atoms with Gasteiger partial charge in [0.1, 0.15) is 0 Å². The van der Waals surface area contributed by atoms with Crippen LogP contribution in [0.4, 0.5) is 0 Å². The fraction of sp³-hybridized carbons (Fsp3) is 0. The summed E-state index contributed by atoms with van der Waals surface area (Å²) in [6.07, 6.45) is 0. The van der Waals surface area contributed by atoms with Gasteiger partial charge in [-0.1, -0.05) is 0 Å². The summed E-state index contributed by atoms with van der Waals surface area (Å²) in [5, 5.41) is 1.18. The van der Waals surface area contributed by atoms with Crippen molar-refractivity contribution in [2.45, 2.75) is 0 Å². The maximum absolute atomic E-state index is 5.37. The van der Waals surface area contributed by atoms with Crippen LogP contribution in [0.3, 0.4) is 0 Å². The molecule has 0 spiro atoms. The van der Waals surface area contributed by atoms with Crippen LogP contribution in [-0.2, 0) is 0 Å². The van der Waals surface area contributed by atoms with E-state index in [1.165, 1.54) is 5.28 Å². The van der Waals surface area contributed by atoms with Crippen molar-refractivity contribution in [3.63, 3.8) is 0 Å². The zero-order valence-electron chi connectivity index (χ0n) is 5.79. The normalized spacial score (nSPS) is 10.0. The van der Waals surface area contributed by atoms with Gasteiger partial charge >= 0.3 is 59.9 Å². The van der Waals surface area contributed by atoms with E-state index in [0.29, 0.717) is 0 Å². The van der Waals surface area contributed by atoms with Crippen LogP contribution in [0.2, 0.25) is 0 Å². The predicted molar refractivity (Wildman–Crippen MR) is 45.7 cm³/mol. The summed E-state index contributed by atoms with van der Waals surface area (Å²) in [5.74, 6) is 0. The molecule has 0 atom stereocenters. The van der Waals surface area contributed by atoms with Crippen molar-refractivity contribution in [3.8, 4) is 0 Å². The molecule has 0 amide bonds. The molecule has 2 rings (SSSR count). The quantitative estimate of drug-likeness (QED) is 0.456.